The molecule has 3 atom stereocenters. The minimum Gasteiger partial charge on any atom is -0.481 e. The van der Waals surface area contributed by atoms with Crippen LogP contribution in [0.25, 0.3) is 0 Å². The maximum absolute atomic E-state index is 12.9. The molecule has 0 saturated heterocycles. The Morgan fingerprint density at radius 2 is 1.95 bits per heavy atom. The van der Waals surface area contributed by atoms with Gasteiger partial charge in [-0.15, -0.1) is 0 Å². The van der Waals surface area contributed by atoms with E-state index in [2.05, 4.69) is 0 Å². The first-order valence-electron chi connectivity index (χ1n) is 6.21. The van der Waals surface area contributed by atoms with Crippen molar-refractivity contribution in [3.8, 4) is 0 Å². The van der Waals surface area contributed by atoms with Gasteiger partial charge in [0.05, 0.1) is 5.25 Å². The lowest BCUT2D eigenvalue weighted by atomic mass is 9.99. The summed E-state index contributed by atoms with van der Waals surface area (Å²) in [4.78, 5) is 11.5. The van der Waals surface area contributed by atoms with Gasteiger partial charge < -0.3 is 10.8 Å². The van der Waals surface area contributed by atoms with Crippen molar-refractivity contribution in [2.75, 3.05) is 12.3 Å². The van der Waals surface area contributed by atoms with Crippen molar-refractivity contribution in [3.63, 3.8) is 0 Å². The topological polar surface area (TPSA) is 97.5 Å². The number of nitrogens with two attached hydrogens (primary N) is 1. The van der Waals surface area contributed by atoms with Gasteiger partial charge in [-0.05, 0) is 17.7 Å². The SMILES string of the molecule is CCS(=O)(=O)[C@@H]1[C@@H](c2ccc(F)cc2)[C@@]1(CN)C(=O)O. The van der Waals surface area contributed by atoms with Crippen LogP contribution in [0.15, 0.2) is 24.3 Å². The molecule has 110 valence electrons. The summed E-state index contributed by atoms with van der Waals surface area (Å²) in [6, 6.07) is 5.20. The molecule has 1 aromatic rings. The van der Waals surface area contributed by atoms with E-state index in [0.29, 0.717) is 5.56 Å². The van der Waals surface area contributed by atoms with Gasteiger partial charge in [-0.1, -0.05) is 19.1 Å². The Hall–Kier alpha value is -1.47. The molecule has 3 N–H and O–H groups in total. The van der Waals surface area contributed by atoms with Crippen molar-refractivity contribution in [1.82, 2.24) is 0 Å². The lowest BCUT2D eigenvalue weighted by Gasteiger charge is -2.09. The van der Waals surface area contributed by atoms with Gasteiger partial charge in [0.2, 0.25) is 0 Å². The van der Waals surface area contributed by atoms with E-state index in [4.69, 9.17) is 5.73 Å². The molecule has 0 unspecified atom stereocenters. The molecule has 0 aromatic heterocycles. The second-order valence-electron chi connectivity index (χ2n) is 4.95. The van der Waals surface area contributed by atoms with Gasteiger partial charge in [0.1, 0.15) is 11.2 Å². The first kappa shape index (κ1) is 14.9. The number of sulfone groups is 1. The fraction of sp³-hybridized carbons (Fsp3) is 0.462. The quantitative estimate of drug-likeness (QED) is 0.836. The third-order valence-corrected chi connectivity index (χ3v) is 6.28. The van der Waals surface area contributed by atoms with E-state index in [1.54, 1.807) is 0 Å². The van der Waals surface area contributed by atoms with E-state index < -0.39 is 38.2 Å². The van der Waals surface area contributed by atoms with Crippen LogP contribution < -0.4 is 5.73 Å². The number of aliphatic carboxylic acids is 1. The molecular formula is C13H16FNO4S. The molecule has 0 heterocycles. The first-order chi connectivity index (χ1) is 9.31. The second-order valence-corrected chi connectivity index (χ2v) is 7.36. The number of carboxylic acids is 1. The second kappa shape index (κ2) is 4.82. The summed E-state index contributed by atoms with van der Waals surface area (Å²) in [5.74, 6) is -2.56. The molecule has 0 spiro atoms. The molecule has 20 heavy (non-hydrogen) atoms. The van der Waals surface area contributed by atoms with Gasteiger partial charge in [-0.3, -0.25) is 4.79 Å². The molecule has 1 aliphatic rings. The molecule has 1 saturated carbocycles. The summed E-state index contributed by atoms with van der Waals surface area (Å²) in [6.45, 7) is 1.20. The van der Waals surface area contributed by atoms with Crippen molar-refractivity contribution < 1.29 is 22.7 Å². The fourth-order valence-electron chi connectivity index (χ4n) is 2.84. The molecule has 0 aliphatic heterocycles. The Labute approximate surface area is 116 Å². The summed E-state index contributed by atoms with van der Waals surface area (Å²) in [5, 5.41) is 8.35. The number of hydrogen-bond donors (Lipinski definition) is 2. The first-order valence-corrected chi connectivity index (χ1v) is 7.93. The predicted octanol–water partition coefficient (Wildman–Crippen LogP) is 0.756. The van der Waals surface area contributed by atoms with Crippen molar-refractivity contribution in [1.29, 1.82) is 0 Å². The van der Waals surface area contributed by atoms with Crippen LogP contribution in [0.4, 0.5) is 4.39 Å². The lowest BCUT2D eigenvalue weighted by molar-refractivity contribution is -0.143. The van der Waals surface area contributed by atoms with E-state index in [1.807, 2.05) is 0 Å². The van der Waals surface area contributed by atoms with Crippen LogP contribution in [0.2, 0.25) is 0 Å². The molecule has 1 aromatic carbocycles. The van der Waals surface area contributed by atoms with Gasteiger partial charge in [-0.2, -0.15) is 0 Å². The zero-order chi connectivity index (χ0) is 15.1. The molecule has 1 aliphatic carbocycles. The summed E-state index contributed by atoms with van der Waals surface area (Å²) in [5.41, 5.74) is 4.53. The molecule has 5 nitrogen and oxygen atoms in total. The average molecular weight is 301 g/mol. The molecule has 1 fully saturated rings. The molecule has 2 rings (SSSR count). The van der Waals surface area contributed by atoms with Gasteiger partial charge in [0.25, 0.3) is 0 Å². The fourth-order valence-corrected chi connectivity index (χ4v) is 4.92. The third-order valence-electron chi connectivity index (χ3n) is 4.01. The van der Waals surface area contributed by atoms with E-state index in [9.17, 15) is 22.7 Å². The highest BCUT2D eigenvalue weighted by molar-refractivity contribution is 7.92. The van der Waals surface area contributed by atoms with Crippen LogP contribution in [0.3, 0.4) is 0 Å². The van der Waals surface area contributed by atoms with E-state index in [0.717, 1.165) is 0 Å². The largest absolute Gasteiger partial charge is 0.481 e. The maximum atomic E-state index is 12.9. The van der Waals surface area contributed by atoms with Gasteiger partial charge >= 0.3 is 5.97 Å². The molecule has 7 heteroatoms. The van der Waals surface area contributed by atoms with Crippen LogP contribution in [0, 0.1) is 11.2 Å². The predicted molar refractivity (Wildman–Crippen MR) is 71.5 cm³/mol. The third kappa shape index (κ3) is 2.01. The summed E-state index contributed by atoms with van der Waals surface area (Å²) in [6.07, 6.45) is 0. The standard InChI is InChI=1S/C13H16FNO4S/c1-2-20(18,19)11-10(13(11,7-15)12(16)17)8-3-5-9(14)6-4-8/h3-6,10-11H,2,7,15H2,1H3,(H,16,17)/t10-,11-,13-/m1/s1. The highest BCUT2D eigenvalue weighted by Gasteiger charge is 2.74. The Morgan fingerprint density at radius 1 is 1.40 bits per heavy atom. The van der Waals surface area contributed by atoms with E-state index in [-0.39, 0.29) is 12.3 Å². The number of benzene rings is 1. The van der Waals surface area contributed by atoms with Gasteiger partial charge in [-0.25, -0.2) is 12.8 Å². The number of hydrogen-bond acceptors (Lipinski definition) is 4. The molecule has 0 amide bonds. The number of carbonyl (C=O) groups is 1. The Morgan fingerprint density at radius 3 is 2.35 bits per heavy atom. The van der Waals surface area contributed by atoms with Gasteiger partial charge in [0.15, 0.2) is 9.84 Å². The normalized spacial score (nSPS) is 29.1. The van der Waals surface area contributed by atoms with Crippen molar-refractivity contribution in [2.24, 2.45) is 11.1 Å². The minimum atomic E-state index is -3.55. The van der Waals surface area contributed by atoms with Crippen molar-refractivity contribution >= 4 is 15.8 Å². The summed E-state index contributed by atoms with van der Waals surface area (Å²) < 4.78 is 37.1. The van der Waals surface area contributed by atoms with Crippen molar-refractivity contribution in [3.05, 3.63) is 35.6 Å². The van der Waals surface area contributed by atoms with Crippen LogP contribution in [-0.4, -0.2) is 37.0 Å². The zero-order valence-corrected chi connectivity index (χ0v) is 11.7. The average Bonchev–Trinajstić information content (AvgIpc) is 3.11. The maximum Gasteiger partial charge on any atom is 0.312 e. The number of rotatable bonds is 5. The Balaban J connectivity index is 2.50. The summed E-state index contributed by atoms with van der Waals surface area (Å²) >= 11 is 0. The molecule has 0 radical (unpaired) electrons. The number of carboxylic acid groups (broad SMARTS) is 1. The minimum absolute atomic E-state index is 0.148. The Bertz CT molecular complexity index is 628. The molecular weight excluding hydrogens is 285 g/mol. The zero-order valence-electron chi connectivity index (χ0n) is 10.9. The van der Waals surface area contributed by atoms with Crippen LogP contribution in [0.1, 0.15) is 18.4 Å². The van der Waals surface area contributed by atoms with E-state index >= 15 is 0 Å². The Kier molecular flexibility index (Phi) is 3.60. The van der Waals surface area contributed by atoms with Gasteiger partial charge in [0, 0.05) is 18.2 Å². The van der Waals surface area contributed by atoms with Crippen LogP contribution in [-0.2, 0) is 14.6 Å². The summed E-state index contributed by atoms with van der Waals surface area (Å²) in [7, 11) is -3.55. The number of halogens is 1. The highest BCUT2D eigenvalue weighted by atomic mass is 32.2. The highest BCUT2D eigenvalue weighted by Crippen LogP contribution is 2.62. The monoisotopic (exact) mass is 301 g/mol. The van der Waals surface area contributed by atoms with Crippen LogP contribution >= 0.6 is 0 Å². The van der Waals surface area contributed by atoms with E-state index in [1.165, 1.54) is 31.2 Å². The lowest BCUT2D eigenvalue weighted by Crippen LogP contribution is -2.32. The smallest absolute Gasteiger partial charge is 0.312 e. The molecule has 0 bridgehead atoms. The van der Waals surface area contributed by atoms with Crippen LogP contribution in [0.5, 0.6) is 0 Å². The van der Waals surface area contributed by atoms with Crippen molar-refractivity contribution in [2.45, 2.75) is 18.1 Å².